The lowest BCUT2D eigenvalue weighted by Gasteiger charge is -2.20. The Bertz CT molecular complexity index is 614. The predicted octanol–water partition coefficient (Wildman–Crippen LogP) is 3.22. The zero-order chi connectivity index (χ0) is 14.7. The molecule has 2 nitrogen and oxygen atoms in total. The maximum Gasteiger partial charge on any atom is 0.194 e. The minimum atomic E-state index is -1.49. The van der Waals surface area contributed by atoms with Crippen LogP contribution in [0.3, 0.4) is 0 Å². The van der Waals surface area contributed by atoms with E-state index in [0.29, 0.717) is 0 Å². The van der Waals surface area contributed by atoms with Crippen LogP contribution in [0.15, 0.2) is 36.4 Å². The van der Waals surface area contributed by atoms with Gasteiger partial charge in [0.15, 0.2) is 17.5 Å². The van der Waals surface area contributed by atoms with E-state index in [4.69, 9.17) is 5.84 Å². The summed E-state index contributed by atoms with van der Waals surface area (Å²) in [6, 6.07) is 8.67. The van der Waals surface area contributed by atoms with E-state index in [2.05, 4.69) is 5.43 Å². The molecule has 2 aromatic carbocycles. The number of benzene rings is 2. The molecule has 0 spiro atoms. The van der Waals surface area contributed by atoms with Crippen molar-refractivity contribution in [2.75, 3.05) is 0 Å². The lowest BCUT2D eigenvalue weighted by molar-refractivity contribution is 0.433. The Morgan fingerprint density at radius 1 is 1.00 bits per heavy atom. The SMILES string of the molecule is CCc1ccccc1C(NN)c1ccc(F)c(F)c1F. The summed E-state index contributed by atoms with van der Waals surface area (Å²) in [5.41, 5.74) is 4.14. The van der Waals surface area contributed by atoms with Crippen molar-refractivity contribution < 1.29 is 13.2 Å². The topological polar surface area (TPSA) is 38.0 Å². The standard InChI is InChI=1S/C15H15F3N2/c1-2-9-5-3-4-6-10(9)15(20-19)11-7-8-12(16)14(18)13(11)17/h3-8,15,20H,2,19H2,1H3. The summed E-state index contributed by atoms with van der Waals surface area (Å²) in [7, 11) is 0. The van der Waals surface area contributed by atoms with E-state index < -0.39 is 23.5 Å². The molecule has 3 N–H and O–H groups in total. The average Bonchev–Trinajstić information content (AvgIpc) is 2.48. The Balaban J connectivity index is 2.56. The molecular weight excluding hydrogens is 265 g/mol. The van der Waals surface area contributed by atoms with E-state index >= 15 is 0 Å². The molecule has 0 amide bonds. The van der Waals surface area contributed by atoms with Gasteiger partial charge in [0, 0.05) is 5.56 Å². The summed E-state index contributed by atoms with van der Waals surface area (Å²) in [6.07, 6.45) is 0.722. The first-order valence-corrected chi connectivity index (χ1v) is 6.27. The molecule has 0 heterocycles. The largest absolute Gasteiger partial charge is 0.271 e. The summed E-state index contributed by atoms with van der Waals surface area (Å²) in [5, 5.41) is 0. The van der Waals surface area contributed by atoms with Gasteiger partial charge in [0.05, 0.1) is 6.04 Å². The normalized spacial score (nSPS) is 12.4. The van der Waals surface area contributed by atoms with Crippen LogP contribution in [-0.2, 0) is 6.42 Å². The van der Waals surface area contributed by atoms with Crippen LogP contribution in [0.25, 0.3) is 0 Å². The van der Waals surface area contributed by atoms with Gasteiger partial charge in [-0.1, -0.05) is 37.3 Å². The van der Waals surface area contributed by atoms with Crippen LogP contribution in [-0.4, -0.2) is 0 Å². The van der Waals surface area contributed by atoms with E-state index in [9.17, 15) is 13.2 Å². The molecule has 0 saturated heterocycles. The van der Waals surface area contributed by atoms with Gasteiger partial charge in [-0.3, -0.25) is 5.84 Å². The van der Waals surface area contributed by atoms with Gasteiger partial charge < -0.3 is 0 Å². The highest BCUT2D eigenvalue weighted by Gasteiger charge is 2.22. The van der Waals surface area contributed by atoms with Crippen LogP contribution < -0.4 is 11.3 Å². The molecule has 0 aliphatic heterocycles. The van der Waals surface area contributed by atoms with Crippen LogP contribution in [0.1, 0.15) is 29.7 Å². The zero-order valence-corrected chi connectivity index (χ0v) is 11.0. The molecule has 1 unspecified atom stereocenters. The smallest absolute Gasteiger partial charge is 0.194 e. The molecule has 0 aromatic heterocycles. The lowest BCUT2D eigenvalue weighted by Crippen LogP contribution is -2.30. The van der Waals surface area contributed by atoms with Gasteiger partial charge in [0.1, 0.15) is 0 Å². The number of rotatable bonds is 4. The first-order valence-electron chi connectivity index (χ1n) is 6.27. The first kappa shape index (κ1) is 14.6. The highest BCUT2D eigenvalue weighted by molar-refractivity contribution is 5.38. The highest BCUT2D eigenvalue weighted by Crippen LogP contribution is 2.28. The maximum atomic E-state index is 13.9. The van der Waals surface area contributed by atoms with E-state index in [1.807, 2.05) is 19.1 Å². The van der Waals surface area contributed by atoms with Crippen molar-refractivity contribution in [1.82, 2.24) is 5.43 Å². The van der Waals surface area contributed by atoms with Crippen molar-refractivity contribution in [1.29, 1.82) is 0 Å². The molecule has 2 aromatic rings. The minimum absolute atomic E-state index is 0.0210. The van der Waals surface area contributed by atoms with Crippen LogP contribution in [0.5, 0.6) is 0 Å². The summed E-state index contributed by atoms with van der Waals surface area (Å²) in [5.74, 6) is 1.56. The van der Waals surface area contributed by atoms with Crippen LogP contribution in [0.4, 0.5) is 13.2 Å². The molecule has 0 aliphatic rings. The monoisotopic (exact) mass is 280 g/mol. The summed E-state index contributed by atoms with van der Waals surface area (Å²) >= 11 is 0. The van der Waals surface area contributed by atoms with E-state index in [1.165, 1.54) is 6.07 Å². The number of halogens is 3. The zero-order valence-electron chi connectivity index (χ0n) is 11.0. The molecule has 5 heteroatoms. The van der Waals surface area contributed by atoms with Gasteiger partial charge in [0.2, 0.25) is 0 Å². The van der Waals surface area contributed by atoms with Gasteiger partial charge in [-0.15, -0.1) is 0 Å². The van der Waals surface area contributed by atoms with Gasteiger partial charge in [0.25, 0.3) is 0 Å². The first-order chi connectivity index (χ1) is 9.60. The van der Waals surface area contributed by atoms with E-state index in [0.717, 1.165) is 23.6 Å². The molecule has 20 heavy (non-hydrogen) atoms. The summed E-state index contributed by atoms with van der Waals surface area (Å²) < 4.78 is 40.3. The van der Waals surface area contributed by atoms with Crippen molar-refractivity contribution >= 4 is 0 Å². The average molecular weight is 280 g/mol. The van der Waals surface area contributed by atoms with Crippen molar-refractivity contribution in [2.45, 2.75) is 19.4 Å². The minimum Gasteiger partial charge on any atom is -0.271 e. The molecule has 106 valence electrons. The Kier molecular flexibility index (Phi) is 4.42. The maximum absolute atomic E-state index is 13.9. The third-order valence-electron chi connectivity index (χ3n) is 3.29. The number of nitrogens with two attached hydrogens (primary N) is 1. The quantitative estimate of drug-likeness (QED) is 0.512. The second-order valence-corrected chi connectivity index (χ2v) is 4.42. The summed E-state index contributed by atoms with van der Waals surface area (Å²) in [6.45, 7) is 1.95. The fourth-order valence-corrected chi connectivity index (χ4v) is 2.25. The highest BCUT2D eigenvalue weighted by atomic mass is 19.2. The number of hydrogen-bond acceptors (Lipinski definition) is 2. The van der Waals surface area contributed by atoms with Gasteiger partial charge in [-0.2, -0.15) is 0 Å². The molecule has 0 fully saturated rings. The van der Waals surface area contributed by atoms with Crippen LogP contribution >= 0.6 is 0 Å². The number of aryl methyl sites for hydroxylation is 1. The lowest BCUT2D eigenvalue weighted by atomic mass is 9.93. The van der Waals surface area contributed by atoms with Crippen molar-refractivity contribution in [3.05, 3.63) is 70.5 Å². The van der Waals surface area contributed by atoms with Crippen molar-refractivity contribution in [3.8, 4) is 0 Å². The third-order valence-corrected chi connectivity index (χ3v) is 3.29. The van der Waals surface area contributed by atoms with Gasteiger partial charge in [-0.05, 0) is 23.6 Å². The number of hydrazine groups is 1. The molecule has 0 bridgehead atoms. The Labute approximate surface area is 115 Å². The predicted molar refractivity (Wildman–Crippen MR) is 71.3 cm³/mol. The fourth-order valence-electron chi connectivity index (χ4n) is 2.25. The Morgan fingerprint density at radius 3 is 2.35 bits per heavy atom. The molecule has 1 atom stereocenters. The molecule has 2 rings (SSSR count). The van der Waals surface area contributed by atoms with E-state index in [1.54, 1.807) is 12.1 Å². The van der Waals surface area contributed by atoms with Gasteiger partial charge >= 0.3 is 0 Å². The van der Waals surface area contributed by atoms with Crippen molar-refractivity contribution in [2.24, 2.45) is 5.84 Å². The third kappa shape index (κ3) is 2.55. The molecular formula is C15H15F3N2. The number of hydrogen-bond donors (Lipinski definition) is 2. The van der Waals surface area contributed by atoms with Gasteiger partial charge in [-0.25, -0.2) is 18.6 Å². The second-order valence-electron chi connectivity index (χ2n) is 4.42. The fraction of sp³-hybridized carbons (Fsp3) is 0.200. The number of nitrogens with one attached hydrogen (secondary N) is 1. The van der Waals surface area contributed by atoms with Crippen LogP contribution in [0, 0.1) is 17.5 Å². The Hall–Kier alpha value is -1.85. The van der Waals surface area contributed by atoms with E-state index in [-0.39, 0.29) is 5.56 Å². The molecule has 0 radical (unpaired) electrons. The van der Waals surface area contributed by atoms with Crippen molar-refractivity contribution in [3.63, 3.8) is 0 Å². The summed E-state index contributed by atoms with van der Waals surface area (Å²) in [4.78, 5) is 0. The molecule has 0 aliphatic carbocycles. The second kappa shape index (κ2) is 6.07. The Morgan fingerprint density at radius 2 is 1.70 bits per heavy atom. The molecule has 0 saturated carbocycles. The van der Waals surface area contributed by atoms with Crippen LogP contribution in [0.2, 0.25) is 0 Å².